The zero-order valence-electron chi connectivity index (χ0n) is 9.66. The number of nitrogens with one attached hydrogen (secondary N) is 2. The lowest BCUT2D eigenvalue weighted by atomic mass is 10.1. The normalized spacial score (nSPS) is 22.9. The first-order chi connectivity index (χ1) is 7.53. The first-order valence-electron chi connectivity index (χ1n) is 5.75. The Bertz CT molecular complexity index is 327. The first-order valence-corrected chi connectivity index (χ1v) is 7.58. The first kappa shape index (κ1) is 13.3. The van der Waals surface area contributed by atoms with Crippen LogP contribution in [0.2, 0.25) is 0 Å². The lowest BCUT2D eigenvalue weighted by molar-refractivity contribution is 0.240. The van der Waals surface area contributed by atoms with Gasteiger partial charge < -0.3 is 10.6 Å². The molecule has 0 bridgehead atoms. The van der Waals surface area contributed by atoms with Crippen LogP contribution in [0.4, 0.5) is 4.79 Å². The van der Waals surface area contributed by atoms with Crippen LogP contribution in [0.1, 0.15) is 26.2 Å². The number of sulfone groups is 1. The van der Waals surface area contributed by atoms with Gasteiger partial charge in [0.05, 0.1) is 11.5 Å². The predicted molar refractivity (Wildman–Crippen MR) is 63.1 cm³/mol. The molecule has 1 aliphatic rings. The molecule has 5 nitrogen and oxygen atoms in total. The van der Waals surface area contributed by atoms with E-state index in [0.29, 0.717) is 18.8 Å². The van der Waals surface area contributed by atoms with Crippen molar-refractivity contribution in [2.45, 2.75) is 26.2 Å². The summed E-state index contributed by atoms with van der Waals surface area (Å²) in [6, 6.07) is -0.164. The third kappa shape index (κ3) is 4.83. The molecule has 1 rings (SSSR count). The summed E-state index contributed by atoms with van der Waals surface area (Å²) >= 11 is 0. The number of urea groups is 1. The van der Waals surface area contributed by atoms with Crippen molar-refractivity contribution in [3.8, 4) is 0 Å². The van der Waals surface area contributed by atoms with Crippen LogP contribution >= 0.6 is 0 Å². The van der Waals surface area contributed by atoms with Crippen LogP contribution in [0.5, 0.6) is 0 Å². The largest absolute Gasteiger partial charge is 0.338 e. The fourth-order valence-electron chi connectivity index (χ4n) is 1.79. The van der Waals surface area contributed by atoms with Crippen molar-refractivity contribution in [2.24, 2.45) is 5.92 Å². The Morgan fingerprint density at radius 2 is 2.00 bits per heavy atom. The van der Waals surface area contributed by atoms with Crippen molar-refractivity contribution in [1.29, 1.82) is 0 Å². The molecule has 1 saturated heterocycles. The molecule has 0 aromatic rings. The molecule has 6 heteroatoms. The molecule has 2 amide bonds. The average Bonchev–Trinajstić information content (AvgIpc) is 2.55. The van der Waals surface area contributed by atoms with Crippen LogP contribution in [0.25, 0.3) is 0 Å². The molecule has 0 aliphatic carbocycles. The van der Waals surface area contributed by atoms with Gasteiger partial charge in [-0.3, -0.25) is 0 Å². The molecule has 0 aromatic heterocycles. The number of carbonyl (C=O) groups excluding carboxylic acids is 1. The molecule has 1 unspecified atom stereocenters. The Kier molecular flexibility index (Phi) is 5.05. The van der Waals surface area contributed by atoms with Crippen LogP contribution in [0.3, 0.4) is 0 Å². The molecular weight excluding hydrogens is 228 g/mol. The highest BCUT2D eigenvalue weighted by Gasteiger charge is 2.27. The zero-order chi connectivity index (χ0) is 12.0. The van der Waals surface area contributed by atoms with E-state index in [2.05, 4.69) is 10.6 Å². The van der Waals surface area contributed by atoms with Crippen molar-refractivity contribution in [3.05, 3.63) is 0 Å². The Morgan fingerprint density at radius 3 is 2.56 bits per heavy atom. The molecule has 0 radical (unpaired) electrons. The van der Waals surface area contributed by atoms with Gasteiger partial charge in [-0.15, -0.1) is 0 Å². The van der Waals surface area contributed by atoms with Gasteiger partial charge in [-0.1, -0.05) is 6.92 Å². The van der Waals surface area contributed by atoms with Gasteiger partial charge >= 0.3 is 6.03 Å². The second-order valence-corrected chi connectivity index (χ2v) is 6.47. The monoisotopic (exact) mass is 248 g/mol. The fraction of sp³-hybridized carbons (Fsp3) is 0.900. The maximum Gasteiger partial charge on any atom is 0.314 e. The number of hydrogen-bond acceptors (Lipinski definition) is 3. The van der Waals surface area contributed by atoms with E-state index in [1.807, 2.05) is 6.92 Å². The molecule has 1 atom stereocenters. The van der Waals surface area contributed by atoms with Crippen LogP contribution in [-0.2, 0) is 9.84 Å². The summed E-state index contributed by atoms with van der Waals surface area (Å²) in [5, 5.41) is 5.43. The van der Waals surface area contributed by atoms with Gasteiger partial charge in [0.2, 0.25) is 0 Å². The van der Waals surface area contributed by atoms with Crippen LogP contribution in [0.15, 0.2) is 0 Å². The minimum atomic E-state index is -2.79. The van der Waals surface area contributed by atoms with Crippen LogP contribution in [0, 0.1) is 5.92 Å². The second kappa shape index (κ2) is 6.08. The second-order valence-electron chi connectivity index (χ2n) is 4.24. The number of amides is 2. The molecule has 0 saturated carbocycles. The molecule has 1 aliphatic heterocycles. The minimum absolute atomic E-state index is 0.164. The molecule has 94 valence electrons. The van der Waals surface area contributed by atoms with Crippen LogP contribution in [-0.4, -0.2) is 39.0 Å². The van der Waals surface area contributed by atoms with Crippen molar-refractivity contribution in [3.63, 3.8) is 0 Å². The van der Waals surface area contributed by atoms with E-state index in [1.165, 1.54) is 0 Å². The Labute approximate surface area is 96.9 Å². The fourth-order valence-corrected chi connectivity index (χ4v) is 3.70. The summed E-state index contributed by atoms with van der Waals surface area (Å²) in [5.74, 6) is 0.807. The third-order valence-corrected chi connectivity index (χ3v) is 4.54. The highest BCUT2D eigenvalue weighted by molar-refractivity contribution is 7.91. The summed E-state index contributed by atoms with van der Waals surface area (Å²) in [6.07, 6.45) is 2.40. The minimum Gasteiger partial charge on any atom is -0.338 e. The quantitative estimate of drug-likeness (QED) is 0.745. The molecule has 2 N–H and O–H groups in total. The summed E-state index contributed by atoms with van der Waals surface area (Å²) in [5.41, 5.74) is 0. The Morgan fingerprint density at radius 1 is 1.31 bits per heavy atom. The van der Waals surface area contributed by atoms with Gasteiger partial charge in [0, 0.05) is 13.1 Å². The highest BCUT2D eigenvalue weighted by atomic mass is 32.2. The Balaban J connectivity index is 2.10. The summed E-state index contributed by atoms with van der Waals surface area (Å²) < 4.78 is 22.4. The summed E-state index contributed by atoms with van der Waals surface area (Å²) in [6.45, 7) is 3.21. The van der Waals surface area contributed by atoms with E-state index in [1.54, 1.807) is 0 Å². The number of hydrogen-bond donors (Lipinski definition) is 2. The van der Waals surface area contributed by atoms with Gasteiger partial charge in [0.25, 0.3) is 0 Å². The highest BCUT2D eigenvalue weighted by Crippen LogP contribution is 2.20. The predicted octanol–water partition coefficient (Wildman–Crippen LogP) is 0.520. The average molecular weight is 248 g/mol. The smallest absolute Gasteiger partial charge is 0.314 e. The van der Waals surface area contributed by atoms with E-state index in [0.717, 1.165) is 19.3 Å². The zero-order valence-corrected chi connectivity index (χ0v) is 10.5. The van der Waals surface area contributed by atoms with Crippen molar-refractivity contribution < 1.29 is 13.2 Å². The third-order valence-electron chi connectivity index (χ3n) is 2.70. The SMILES string of the molecule is CCCNC(=O)NCCC1CCS(=O)(=O)C1. The van der Waals surface area contributed by atoms with Crippen molar-refractivity contribution >= 4 is 15.9 Å². The summed E-state index contributed by atoms with van der Waals surface area (Å²) in [4.78, 5) is 11.2. The van der Waals surface area contributed by atoms with E-state index in [-0.39, 0.29) is 17.7 Å². The molecule has 1 fully saturated rings. The molecule has 0 aromatic carbocycles. The maximum atomic E-state index is 11.2. The van der Waals surface area contributed by atoms with E-state index in [9.17, 15) is 13.2 Å². The van der Waals surface area contributed by atoms with Crippen molar-refractivity contribution in [1.82, 2.24) is 10.6 Å². The molecule has 1 heterocycles. The van der Waals surface area contributed by atoms with Gasteiger partial charge in [0.1, 0.15) is 0 Å². The lowest BCUT2D eigenvalue weighted by Gasteiger charge is -2.09. The van der Waals surface area contributed by atoms with E-state index < -0.39 is 9.84 Å². The Hall–Kier alpha value is -0.780. The van der Waals surface area contributed by atoms with Crippen LogP contribution < -0.4 is 10.6 Å². The molecule has 16 heavy (non-hydrogen) atoms. The topological polar surface area (TPSA) is 75.3 Å². The molecule has 0 spiro atoms. The van der Waals surface area contributed by atoms with Gasteiger partial charge in [-0.05, 0) is 25.2 Å². The van der Waals surface area contributed by atoms with E-state index >= 15 is 0 Å². The van der Waals surface area contributed by atoms with Gasteiger partial charge in [0.15, 0.2) is 9.84 Å². The molecular formula is C10H20N2O3S. The maximum absolute atomic E-state index is 11.2. The number of carbonyl (C=O) groups is 1. The van der Waals surface area contributed by atoms with Gasteiger partial charge in [-0.2, -0.15) is 0 Å². The lowest BCUT2D eigenvalue weighted by Crippen LogP contribution is -2.36. The van der Waals surface area contributed by atoms with Gasteiger partial charge in [-0.25, -0.2) is 13.2 Å². The van der Waals surface area contributed by atoms with Crippen molar-refractivity contribution in [2.75, 3.05) is 24.6 Å². The standard InChI is InChI=1S/C10H20N2O3S/c1-2-5-11-10(13)12-6-3-9-4-7-16(14,15)8-9/h9H,2-8H2,1H3,(H2,11,12,13). The summed E-state index contributed by atoms with van der Waals surface area (Å²) in [7, 11) is -2.79. The number of rotatable bonds is 5. The van der Waals surface area contributed by atoms with E-state index in [4.69, 9.17) is 0 Å².